The van der Waals surface area contributed by atoms with E-state index in [2.05, 4.69) is 35.9 Å². The number of nitrogens with zero attached hydrogens (tertiary/aromatic N) is 8. The molecule has 1 saturated carbocycles. The van der Waals surface area contributed by atoms with E-state index in [0.29, 0.717) is 11.2 Å². The number of piperidine rings is 2. The monoisotopic (exact) mass is 473 g/mol. The molecule has 2 aliphatic heterocycles. The van der Waals surface area contributed by atoms with Crippen LogP contribution in [0.15, 0.2) is 24.4 Å². The smallest absolute Gasteiger partial charge is 0.245 e. The summed E-state index contributed by atoms with van der Waals surface area (Å²) in [6.45, 7) is -0.676. The Morgan fingerprint density at radius 3 is 2.94 bits per heavy atom. The number of aromatic hydroxyl groups is 1. The van der Waals surface area contributed by atoms with Gasteiger partial charge in [-0.05, 0) is 62.7 Å². The van der Waals surface area contributed by atoms with E-state index in [1.54, 1.807) is 0 Å². The van der Waals surface area contributed by atoms with Gasteiger partial charge in [0.25, 0.3) is 0 Å². The van der Waals surface area contributed by atoms with Crippen LogP contribution >= 0.6 is 0 Å². The summed E-state index contributed by atoms with van der Waals surface area (Å²) in [7, 11) is 0. The van der Waals surface area contributed by atoms with Crippen molar-refractivity contribution in [2.24, 2.45) is 6.98 Å². The van der Waals surface area contributed by atoms with Gasteiger partial charge in [-0.25, -0.2) is 9.37 Å². The average Bonchev–Trinajstić information content (AvgIpc) is 3.29. The topological polar surface area (TPSA) is 118 Å². The van der Waals surface area contributed by atoms with Gasteiger partial charge in [0, 0.05) is 38.3 Å². The van der Waals surface area contributed by atoms with Gasteiger partial charge in [0.1, 0.15) is 17.6 Å². The zero-order chi connectivity index (χ0) is 30.5. The molecule has 4 atom stereocenters. The number of tetrazole rings is 1. The van der Waals surface area contributed by atoms with Crippen LogP contribution in [-0.4, -0.2) is 70.3 Å². The first-order valence-electron chi connectivity index (χ1n) is 15.1. The highest BCUT2D eigenvalue weighted by atomic mass is 19.1. The van der Waals surface area contributed by atoms with Gasteiger partial charge in [-0.15, -0.1) is 20.4 Å². The molecule has 2 bridgehead atoms. The Morgan fingerprint density at radius 1 is 1.35 bits per heavy atom. The van der Waals surface area contributed by atoms with Gasteiger partial charge >= 0.3 is 0 Å². The van der Waals surface area contributed by atoms with Crippen molar-refractivity contribution < 1.29 is 20.5 Å². The quantitative estimate of drug-likeness (QED) is 0.576. The molecule has 1 aliphatic carbocycles. The Labute approximate surface area is 207 Å². The maximum absolute atomic E-state index is 15.9. The van der Waals surface area contributed by atoms with E-state index in [4.69, 9.17) is 11.0 Å². The van der Waals surface area contributed by atoms with E-state index in [-0.39, 0.29) is 40.8 Å². The molecule has 1 aromatic carbocycles. The Morgan fingerprint density at radius 2 is 2.24 bits per heavy atom. The zero-order valence-corrected chi connectivity index (χ0v) is 18.3. The van der Waals surface area contributed by atoms with Crippen molar-refractivity contribution >= 4 is 5.95 Å². The van der Waals surface area contributed by atoms with E-state index in [1.807, 2.05) is 6.92 Å². The third kappa shape index (κ3) is 3.77. The summed E-state index contributed by atoms with van der Waals surface area (Å²) in [6, 6.07) is 0.132. The summed E-state index contributed by atoms with van der Waals surface area (Å²) in [4.78, 5) is 5.78. The molecule has 3 aromatic rings. The minimum atomic E-state index is -2.63. The Kier molecular flexibility index (Phi) is 3.32. The fraction of sp³-hybridized carbons (Fsp3) is 0.565. The maximum atomic E-state index is 15.9. The molecule has 2 saturated heterocycles. The number of halogens is 1. The van der Waals surface area contributed by atoms with Crippen LogP contribution < -0.4 is 10.2 Å². The van der Waals surface area contributed by atoms with Crippen molar-refractivity contribution in [2.75, 3.05) is 4.90 Å². The summed E-state index contributed by atoms with van der Waals surface area (Å²) in [5, 5.41) is 33.2. The average molecular weight is 474 g/mol. The van der Waals surface area contributed by atoms with Crippen molar-refractivity contribution in [1.82, 2.24) is 40.7 Å². The second-order valence-corrected chi connectivity index (χ2v) is 9.17. The Balaban J connectivity index is 1.34. The van der Waals surface area contributed by atoms with Gasteiger partial charge in [-0.2, -0.15) is 4.80 Å². The van der Waals surface area contributed by atoms with Crippen LogP contribution in [0.25, 0.3) is 22.6 Å². The van der Waals surface area contributed by atoms with Gasteiger partial charge in [-0.1, -0.05) is 6.07 Å². The molecule has 178 valence electrons. The molecular weight excluding hydrogens is 437 g/mol. The third-order valence-electron chi connectivity index (χ3n) is 6.71. The SMILES string of the molecule is [2H]C([2H])([2H])n1nnc(-c2ccc(-c3cnc(N([C@H]4C[C@]5(C)CCC[C@H](N5)[C@H]4F)C4([2H])C([2H])([2H])C4([2H])[2H])nn3)c(O)c2)n1. The second kappa shape index (κ2) is 7.93. The van der Waals surface area contributed by atoms with Crippen LogP contribution in [0.4, 0.5) is 10.3 Å². The number of aromatic nitrogens is 7. The fourth-order valence-corrected chi connectivity index (χ4v) is 5.06. The lowest BCUT2D eigenvalue weighted by atomic mass is 9.74. The van der Waals surface area contributed by atoms with E-state index in [0.717, 1.165) is 17.7 Å². The zero-order valence-electron chi connectivity index (χ0n) is 26.3. The summed E-state index contributed by atoms with van der Waals surface area (Å²) in [5.74, 6) is -0.608. The molecule has 0 unspecified atom stereocenters. The number of aryl methyl sites for hydroxylation is 1. The number of phenols is 1. The molecule has 6 rings (SSSR count). The highest BCUT2D eigenvalue weighted by Crippen LogP contribution is 2.42. The van der Waals surface area contributed by atoms with Gasteiger partial charge in [0.05, 0.1) is 20.6 Å². The maximum Gasteiger partial charge on any atom is 0.245 e. The summed E-state index contributed by atoms with van der Waals surface area (Å²) in [5.41, 5.74) is 0.0753. The summed E-state index contributed by atoms with van der Waals surface area (Å²) >= 11 is 0. The number of hydrogen-bond acceptors (Lipinski definition) is 9. The van der Waals surface area contributed by atoms with Gasteiger partial charge < -0.3 is 15.3 Å². The van der Waals surface area contributed by atoms with Crippen molar-refractivity contribution in [1.29, 1.82) is 0 Å². The summed E-state index contributed by atoms with van der Waals surface area (Å²) < 4.78 is 80.1. The summed E-state index contributed by atoms with van der Waals surface area (Å²) in [6.07, 6.45) is -3.27. The number of fused-ring (bicyclic) bond motifs is 2. The predicted octanol–water partition coefficient (Wildman–Crippen LogP) is 2.41. The fourth-order valence-electron chi connectivity index (χ4n) is 5.06. The molecule has 34 heavy (non-hydrogen) atoms. The molecule has 0 spiro atoms. The lowest BCUT2D eigenvalue weighted by Gasteiger charge is -2.52. The van der Waals surface area contributed by atoms with Crippen LogP contribution in [-0.2, 0) is 6.98 Å². The first kappa shape index (κ1) is 14.2. The van der Waals surface area contributed by atoms with Crippen LogP contribution in [0, 0.1) is 0 Å². The molecule has 0 radical (unpaired) electrons. The van der Waals surface area contributed by atoms with Gasteiger partial charge in [-0.3, -0.25) is 0 Å². The minimum Gasteiger partial charge on any atom is -0.507 e. The molecule has 3 aliphatic rings. The highest BCUT2D eigenvalue weighted by molar-refractivity contribution is 5.71. The molecule has 11 heteroatoms. The number of hydrogen-bond donors (Lipinski definition) is 2. The largest absolute Gasteiger partial charge is 0.507 e. The first-order valence-corrected chi connectivity index (χ1v) is 11.1. The van der Waals surface area contributed by atoms with Crippen LogP contribution in [0.5, 0.6) is 5.75 Å². The van der Waals surface area contributed by atoms with Crippen molar-refractivity contribution in [2.45, 2.75) is 75.2 Å². The van der Waals surface area contributed by atoms with Crippen LogP contribution in [0.1, 0.15) is 56.3 Å². The normalized spacial score (nSPS) is 36.4. The highest BCUT2D eigenvalue weighted by Gasteiger charge is 2.50. The third-order valence-corrected chi connectivity index (χ3v) is 6.71. The van der Waals surface area contributed by atoms with Crippen molar-refractivity contribution in [3.63, 3.8) is 0 Å². The standard InChI is InChI=1S/C23H28FN9O/c1-23-9-3-4-16(26-23)20(24)18(11-23)33(14-6-7-14)22-25-12-17(27-29-22)15-8-5-13(10-19(15)34)21-28-31-32(2)30-21/h5,8,10,12,14,16,18,20,26,34H,3-4,6-7,9,11H2,1-2H3/t16-,18-,20+,23-/m0/s1/i2D3,6D2,7D2,14D. The van der Waals surface area contributed by atoms with Gasteiger partial charge in [0.15, 0.2) is 0 Å². The first-order chi connectivity index (χ1) is 19.5. The molecule has 10 nitrogen and oxygen atoms in total. The Bertz CT molecular complexity index is 1510. The lowest BCUT2D eigenvalue weighted by molar-refractivity contribution is 0.0582. The van der Waals surface area contributed by atoms with E-state index in [1.165, 1.54) is 24.4 Å². The lowest BCUT2D eigenvalue weighted by Crippen LogP contribution is -2.67. The number of benzene rings is 1. The molecule has 0 amide bonds. The van der Waals surface area contributed by atoms with Gasteiger partial charge in [0.2, 0.25) is 11.8 Å². The second-order valence-electron chi connectivity index (χ2n) is 9.17. The number of nitrogens with one attached hydrogen (secondary N) is 1. The van der Waals surface area contributed by atoms with Crippen LogP contribution in [0.2, 0.25) is 0 Å². The number of alkyl halides is 1. The van der Waals surface area contributed by atoms with Crippen LogP contribution in [0.3, 0.4) is 0 Å². The van der Waals surface area contributed by atoms with Crippen molar-refractivity contribution in [3.8, 4) is 28.4 Å². The molecule has 3 fully saturated rings. The number of rotatable bonds is 5. The Hall–Kier alpha value is -3.21. The number of phenolic OH excluding ortho intramolecular Hbond substituents is 1. The predicted molar refractivity (Wildman–Crippen MR) is 123 cm³/mol. The van der Waals surface area contributed by atoms with E-state index in [9.17, 15) is 5.11 Å². The van der Waals surface area contributed by atoms with E-state index < -0.39 is 49.5 Å². The molecule has 2 N–H and O–H groups in total. The number of anilines is 1. The molecular formula is C23H28FN9O. The molecule has 4 heterocycles. The molecule has 2 aromatic heterocycles. The van der Waals surface area contributed by atoms with Crippen molar-refractivity contribution in [3.05, 3.63) is 24.4 Å². The van der Waals surface area contributed by atoms with E-state index >= 15 is 4.39 Å². The minimum absolute atomic E-state index is 0.0295.